The number of carbonyl (C=O) groups is 1. The molecule has 0 radical (unpaired) electrons. The highest BCUT2D eigenvalue weighted by molar-refractivity contribution is 7.99. The number of nitrogens with zero attached hydrogens (tertiary/aromatic N) is 4. The van der Waals surface area contributed by atoms with Crippen LogP contribution >= 0.6 is 23.1 Å². The molecular weight excluding hydrogens is 520 g/mol. The maximum Gasteiger partial charge on any atom is 0.268 e. The van der Waals surface area contributed by atoms with Crippen molar-refractivity contribution < 1.29 is 14.3 Å². The molecular formula is C28H26N4O4S2. The Hall–Kier alpha value is -3.47. The Labute approximate surface area is 227 Å². The average molecular weight is 547 g/mol. The van der Waals surface area contributed by atoms with E-state index in [4.69, 9.17) is 9.47 Å². The number of hydrogen-bond donors (Lipinski definition) is 0. The molecule has 0 spiro atoms. The second kappa shape index (κ2) is 10.0. The average Bonchev–Trinajstić information content (AvgIpc) is 3.54. The maximum atomic E-state index is 14.1. The van der Waals surface area contributed by atoms with Crippen LogP contribution in [0.5, 0.6) is 5.75 Å². The van der Waals surface area contributed by atoms with Crippen LogP contribution in [0.25, 0.3) is 21.7 Å². The Kier molecular flexibility index (Phi) is 6.55. The van der Waals surface area contributed by atoms with Gasteiger partial charge in [-0.25, -0.2) is 8.97 Å². The lowest BCUT2D eigenvalue weighted by Gasteiger charge is -2.26. The van der Waals surface area contributed by atoms with Crippen molar-refractivity contribution >= 4 is 44.9 Å². The molecule has 10 heteroatoms. The highest BCUT2D eigenvalue weighted by Gasteiger charge is 2.30. The first-order valence-corrected chi connectivity index (χ1v) is 14.2. The van der Waals surface area contributed by atoms with Crippen molar-refractivity contribution in [2.45, 2.75) is 38.1 Å². The fraction of sp³-hybridized carbons (Fsp3) is 0.286. The van der Waals surface area contributed by atoms with Crippen LogP contribution in [0.2, 0.25) is 0 Å². The van der Waals surface area contributed by atoms with E-state index in [1.807, 2.05) is 59.0 Å². The molecule has 6 rings (SSSR count). The minimum atomic E-state index is -0.135. The standard InChI is InChI=1S/C28H26N4O4S2/c1-16(2)22-13-20-23(14-36-22)38-26-24(20)25(34)31(18-9-11-19(35-3)12-10-18)27-29-30-28(32(26)27)37-15-21(33)17-7-5-4-6-8-17/h4-12,16,22H,13-15H2,1-3H3/t22-/m1/s1. The third-order valence-corrected chi connectivity index (χ3v) is 8.96. The molecule has 2 aromatic carbocycles. The number of ketones is 1. The SMILES string of the molecule is COc1ccc(-n2c(=O)c3c4c(sc3n3c(SCC(=O)c5ccccc5)nnc23)CO[C@@H](C(C)C)C4)cc1. The van der Waals surface area contributed by atoms with Crippen LogP contribution in [0.15, 0.2) is 64.5 Å². The van der Waals surface area contributed by atoms with Crippen molar-refractivity contribution in [2.24, 2.45) is 5.92 Å². The van der Waals surface area contributed by atoms with E-state index in [0.29, 0.717) is 52.3 Å². The first-order chi connectivity index (χ1) is 18.5. The molecule has 0 unspecified atom stereocenters. The molecule has 0 aliphatic carbocycles. The molecule has 1 atom stereocenters. The van der Waals surface area contributed by atoms with Gasteiger partial charge < -0.3 is 9.47 Å². The molecule has 4 heterocycles. The van der Waals surface area contributed by atoms with Gasteiger partial charge in [0.2, 0.25) is 5.78 Å². The number of carbonyl (C=O) groups excluding carboxylic acids is 1. The molecule has 38 heavy (non-hydrogen) atoms. The molecule has 1 aliphatic heterocycles. The lowest BCUT2D eigenvalue weighted by atomic mass is 9.96. The molecule has 8 nitrogen and oxygen atoms in total. The summed E-state index contributed by atoms with van der Waals surface area (Å²) in [6.07, 6.45) is 0.719. The summed E-state index contributed by atoms with van der Waals surface area (Å²) < 4.78 is 15.0. The van der Waals surface area contributed by atoms with E-state index in [2.05, 4.69) is 24.0 Å². The highest BCUT2D eigenvalue weighted by Crippen LogP contribution is 2.37. The van der Waals surface area contributed by atoms with Crippen molar-refractivity contribution in [1.29, 1.82) is 0 Å². The summed E-state index contributed by atoms with van der Waals surface area (Å²) in [4.78, 5) is 28.8. The Morgan fingerprint density at radius 2 is 1.92 bits per heavy atom. The van der Waals surface area contributed by atoms with Gasteiger partial charge in [-0.05, 0) is 35.7 Å². The van der Waals surface area contributed by atoms with Crippen molar-refractivity contribution in [2.75, 3.05) is 12.9 Å². The van der Waals surface area contributed by atoms with Crippen LogP contribution in [0.1, 0.15) is 34.6 Å². The number of Topliss-reactive ketones (excluding diaryl/α,β-unsaturated/α-hetero) is 1. The summed E-state index contributed by atoms with van der Waals surface area (Å²) in [5.74, 6) is 1.64. The van der Waals surface area contributed by atoms with Gasteiger partial charge in [0.15, 0.2) is 10.9 Å². The molecule has 0 saturated heterocycles. The summed E-state index contributed by atoms with van der Waals surface area (Å²) in [7, 11) is 1.61. The number of aromatic nitrogens is 4. The smallest absolute Gasteiger partial charge is 0.268 e. The second-order valence-corrected chi connectivity index (χ2v) is 11.5. The Balaban J connectivity index is 1.53. The van der Waals surface area contributed by atoms with E-state index in [-0.39, 0.29) is 23.2 Å². The maximum absolute atomic E-state index is 14.1. The van der Waals surface area contributed by atoms with Crippen LogP contribution in [0.4, 0.5) is 0 Å². The zero-order chi connectivity index (χ0) is 26.4. The van der Waals surface area contributed by atoms with Gasteiger partial charge in [-0.15, -0.1) is 21.5 Å². The Morgan fingerprint density at radius 1 is 1.16 bits per heavy atom. The molecule has 0 fully saturated rings. The molecule has 0 bridgehead atoms. The predicted octanol–water partition coefficient (Wildman–Crippen LogP) is 5.18. The molecule has 1 aliphatic rings. The zero-order valence-electron chi connectivity index (χ0n) is 21.2. The van der Waals surface area contributed by atoms with Gasteiger partial charge >= 0.3 is 0 Å². The monoisotopic (exact) mass is 546 g/mol. The Morgan fingerprint density at radius 3 is 2.63 bits per heavy atom. The zero-order valence-corrected chi connectivity index (χ0v) is 22.8. The molecule has 0 amide bonds. The van der Waals surface area contributed by atoms with Crippen LogP contribution in [0, 0.1) is 5.92 Å². The lowest BCUT2D eigenvalue weighted by molar-refractivity contribution is 0.00200. The topological polar surface area (TPSA) is 87.7 Å². The fourth-order valence-electron chi connectivity index (χ4n) is 4.76. The van der Waals surface area contributed by atoms with Gasteiger partial charge in [-0.3, -0.25) is 9.59 Å². The summed E-state index contributed by atoms with van der Waals surface area (Å²) >= 11 is 2.86. The van der Waals surface area contributed by atoms with Crippen molar-refractivity contribution in [3.63, 3.8) is 0 Å². The fourth-order valence-corrected chi connectivity index (χ4v) is 6.89. The van der Waals surface area contributed by atoms with Crippen molar-refractivity contribution in [3.8, 4) is 11.4 Å². The first kappa shape index (κ1) is 24.8. The van der Waals surface area contributed by atoms with Gasteiger partial charge in [0, 0.05) is 16.9 Å². The number of hydrogen-bond acceptors (Lipinski definition) is 8. The molecule has 194 valence electrons. The number of fused-ring (bicyclic) bond motifs is 5. The minimum absolute atomic E-state index is 0.00530. The van der Waals surface area contributed by atoms with E-state index in [0.717, 1.165) is 15.3 Å². The van der Waals surface area contributed by atoms with Crippen LogP contribution in [-0.2, 0) is 17.8 Å². The molecule has 3 aromatic heterocycles. The normalized spacial score (nSPS) is 15.3. The summed E-state index contributed by atoms with van der Waals surface area (Å²) in [6.45, 7) is 4.74. The first-order valence-electron chi connectivity index (χ1n) is 12.4. The van der Waals surface area contributed by atoms with Crippen LogP contribution < -0.4 is 10.3 Å². The van der Waals surface area contributed by atoms with Crippen molar-refractivity contribution in [3.05, 3.63) is 81.0 Å². The number of benzene rings is 2. The highest BCUT2D eigenvalue weighted by atomic mass is 32.2. The van der Waals surface area contributed by atoms with Gasteiger partial charge in [0.1, 0.15) is 10.6 Å². The molecule has 5 aromatic rings. The van der Waals surface area contributed by atoms with Gasteiger partial charge in [-0.1, -0.05) is 55.9 Å². The van der Waals surface area contributed by atoms with Gasteiger partial charge in [-0.2, -0.15) is 0 Å². The summed E-state index contributed by atoms with van der Waals surface area (Å²) in [6, 6.07) is 16.5. The van der Waals surface area contributed by atoms with E-state index in [1.54, 1.807) is 23.0 Å². The number of thioether (sulfide) groups is 1. The number of ether oxygens (including phenoxy) is 2. The minimum Gasteiger partial charge on any atom is -0.497 e. The van der Waals surface area contributed by atoms with Crippen molar-refractivity contribution in [1.82, 2.24) is 19.2 Å². The van der Waals surface area contributed by atoms with E-state index in [1.165, 1.54) is 11.8 Å². The van der Waals surface area contributed by atoms with Gasteiger partial charge in [0.05, 0.1) is 36.6 Å². The van der Waals surface area contributed by atoms with E-state index < -0.39 is 0 Å². The largest absolute Gasteiger partial charge is 0.497 e. The number of methoxy groups -OCH3 is 1. The lowest BCUT2D eigenvalue weighted by Crippen LogP contribution is -2.28. The van der Waals surface area contributed by atoms with Gasteiger partial charge in [0.25, 0.3) is 5.56 Å². The predicted molar refractivity (Wildman–Crippen MR) is 149 cm³/mol. The van der Waals surface area contributed by atoms with E-state index in [9.17, 15) is 9.59 Å². The third-order valence-electron chi connectivity index (χ3n) is 6.84. The van der Waals surface area contributed by atoms with E-state index >= 15 is 0 Å². The third kappa shape index (κ3) is 4.22. The summed E-state index contributed by atoms with van der Waals surface area (Å²) in [5, 5.41) is 10.1. The van der Waals surface area contributed by atoms with Crippen LogP contribution in [0.3, 0.4) is 0 Å². The van der Waals surface area contributed by atoms with Crippen LogP contribution in [-0.4, -0.2) is 43.9 Å². The quantitative estimate of drug-likeness (QED) is 0.205. The number of thiophene rings is 1. The molecule has 0 saturated carbocycles. The Bertz CT molecular complexity index is 1700. The second-order valence-electron chi connectivity index (χ2n) is 9.52. The molecule has 0 N–H and O–H groups in total. The number of rotatable bonds is 7. The summed E-state index contributed by atoms with van der Waals surface area (Å²) in [5.41, 5.74) is 2.22.